The van der Waals surface area contributed by atoms with Gasteiger partial charge in [-0.25, -0.2) is 0 Å². The molecule has 5 heteroatoms. The summed E-state index contributed by atoms with van der Waals surface area (Å²) in [6, 6.07) is 3.33. The number of nitro benzene ring substituents is 1. The van der Waals surface area contributed by atoms with Gasteiger partial charge in [0.1, 0.15) is 5.75 Å². The summed E-state index contributed by atoms with van der Waals surface area (Å²) in [6.07, 6.45) is 4.35. The van der Waals surface area contributed by atoms with Crippen LogP contribution < -0.4 is 4.74 Å². The van der Waals surface area contributed by atoms with Crippen molar-refractivity contribution in [2.75, 3.05) is 12.4 Å². The van der Waals surface area contributed by atoms with E-state index in [4.69, 9.17) is 4.74 Å². The Morgan fingerprint density at radius 3 is 2.47 bits per heavy atom. The second kappa shape index (κ2) is 8.04. The minimum Gasteiger partial charge on any atom is -0.493 e. The number of nitrogens with zero attached hydrogens (tertiary/aromatic N) is 1. The van der Waals surface area contributed by atoms with Crippen LogP contribution in [0.5, 0.6) is 5.75 Å². The van der Waals surface area contributed by atoms with Crippen LogP contribution in [-0.2, 0) is 0 Å². The molecule has 0 bridgehead atoms. The Morgan fingerprint density at radius 1 is 1.16 bits per heavy atom. The number of rotatable bonds is 8. The second-order valence-corrected chi connectivity index (χ2v) is 5.09. The van der Waals surface area contributed by atoms with Crippen LogP contribution in [0.25, 0.3) is 0 Å². The lowest BCUT2D eigenvalue weighted by molar-refractivity contribution is -0.385. The van der Waals surface area contributed by atoms with E-state index in [2.05, 4.69) is 12.6 Å². The van der Waals surface area contributed by atoms with E-state index in [0.29, 0.717) is 17.9 Å². The lowest BCUT2D eigenvalue weighted by Gasteiger charge is -2.10. The Hall–Kier alpha value is -1.23. The van der Waals surface area contributed by atoms with Crippen molar-refractivity contribution in [2.24, 2.45) is 0 Å². The van der Waals surface area contributed by atoms with E-state index in [1.165, 1.54) is 6.07 Å². The van der Waals surface area contributed by atoms with Gasteiger partial charge in [-0.1, -0.05) is 12.8 Å². The minimum absolute atomic E-state index is 0.121. The van der Waals surface area contributed by atoms with Crippen molar-refractivity contribution in [3.8, 4) is 5.75 Å². The third-order valence-corrected chi connectivity index (χ3v) is 3.32. The lowest BCUT2D eigenvalue weighted by Crippen LogP contribution is -2.01. The zero-order valence-electron chi connectivity index (χ0n) is 11.5. The average Bonchev–Trinajstić information content (AvgIpc) is 2.35. The van der Waals surface area contributed by atoms with Crippen LogP contribution in [0.3, 0.4) is 0 Å². The minimum atomic E-state index is -0.367. The second-order valence-electron chi connectivity index (χ2n) is 4.65. The summed E-state index contributed by atoms with van der Waals surface area (Å²) < 4.78 is 5.64. The van der Waals surface area contributed by atoms with Crippen molar-refractivity contribution < 1.29 is 9.66 Å². The third-order valence-electron chi connectivity index (χ3n) is 3.00. The van der Waals surface area contributed by atoms with E-state index >= 15 is 0 Å². The van der Waals surface area contributed by atoms with E-state index in [-0.39, 0.29) is 10.6 Å². The number of thiol groups is 1. The smallest absolute Gasteiger partial charge is 0.276 e. The highest BCUT2D eigenvalue weighted by Crippen LogP contribution is 2.28. The standard InChI is InChI=1S/C14H21NO3S/c1-11-9-12(2)14(10-13(11)15(16)17)18-7-5-3-4-6-8-19/h9-10,19H,3-8H2,1-2H3. The predicted octanol–water partition coefficient (Wildman–Crippen LogP) is 4.08. The average molecular weight is 283 g/mol. The van der Waals surface area contributed by atoms with Gasteiger partial charge < -0.3 is 4.74 Å². The van der Waals surface area contributed by atoms with Crippen LogP contribution >= 0.6 is 12.6 Å². The third kappa shape index (κ3) is 5.11. The van der Waals surface area contributed by atoms with Crippen molar-refractivity contribution in [1.29, 1.82) is 0 Å². The predicted molar refractivity (Wildman–Crippen MR) is 80.4 cm³/mol. The molecule has 0 aliphatic heterocycles. The van der Waals surface area contributed by atoms with Crippen LogP contribution in [0, 0.1) is 24.0 Å². The van der Waals surface area contributed by atoms with Crippen LogP contribution in [0.15, 0.2) is 12.1 Å². The molecule has 0 saturated carbocycles. The summed E-state index contributed by atoms with van der Waals surface area (Å²) >= 11 is 4.16. The molecule has 0 saturated heterocycles. The van der Waals surface area contributed by atoms with Gasteiger partial charge in [0.15, 0.2) is 0 Å². The number of ether oxygens (including phenoxy) is 1. The number of hydrogen-bond donors (Lipinski definition) is 1. The number of nitro groups is 1. The Labute approximate surface area is 119 Å². The molecule has 1 aromatic rings. The molecule has 1 aromatic carbocycles. The fourth-order valence-corrected chi connectivity index (χ4v) is 2.15. The number of hydrogen-bond acceptors (Lipinski definition) is 4. The molecule has 0 atom stereocenters. The summed E-state index contributed by atoms with van der Waals surface area (Å²) in [4.78, 5) is 10.5. The lowest BCUT2D eigenvalue weighted by atomic mass is 10.1. The Bertz CT molecular complexity index is 435. The highest BCUT2D eigenvalue weighted by Gasteiger charge is 2.14. The van der Waals surface area contributed by atoms with Crippen molar-refractivity contribution in [3.05, 3.63) is 33.4 Å². The fraction of sp³-hybridized carbons (Fsp3) is 0.571. The molecule has 19 heavy (non-hydrogen) atoms. The molecular formula is C14H21NO3S. The largest absolute Gasteiger partial charge is 0.493 e. The molecule has 0 heterocycles. The normalized spacial score (nSPS) is 10.5. The molecular weight excluding hydrogens is 262 g/mol. The highest BCUT2D eigenvalue weighted by molar-refractivity contribution is 7.80. The summed E-state index contributed by atoms with van der Waals surface area (Å²) in [5.74, 6) is 1.54. The first-order valence-electron chi connectivity index (χ1n) is 6.55. The molecule has 0 aliphatic carbocycles. The van der Waals surface area contributed by atoms with E-state index in [9.17, 15) is 10.1 Å². The van der Waals surface area contributed by atoms with Gasteiger partial charge in [0.25, 0.3) is 5.69 Å². The number of aryl methyl sites for hydroxylation is 2. The Balaban J connectivity index is 2.53. The van der Waals surface area contributed by atoms with E-state index in [1.807, 2.05) is 6.92 Å². The molecule has 0 fully saturated rings. The van der Waals surface area contributed by atoms with Gasteiger partial charge >= 0.3 is 0 Å². The van der Waals surface area contributed by atoms with Gasteiger partial charge in [0.05, 0.1) is 17.6 Å². The zero-order chi connectivity index (χ0) is 14.3. The van der Waals surface area contributed by atoms with Gasteiger partial charge in [-0.2, -0.15) is 12.6 Å². The van der Waals surface area contributed by atoms with Gasteiger partial charge in [0, 0.05) is 5.56 Å². The van der Waals surface area contributed by atoms with Crippen LogP contribution in [0.4, 0.5) is 5.69 Å². The maximum Gasteiger partial charge on any atom is 0.276 e. The SMILES string of the molecule is Cc1cc(C)c([N+](=O)[O-])cc1OCCCCCCS. The van der Waals surface area contributed by atoms with Gasteiger partial charge in [-0.15, -0.1) is 0 Å². The molecule has 0 amide bonds. The molecule has 0 N–H and O–H groups in total. The van der Waals surface area contributed by atoms with Gasteiger partial charge in [-0.05, 0) is 44.1 Å². The van der Waals surface area contributed by atoms with E-state index < -0.39 is 0 Å². The Morgan fingerprint density at radius 2 is 1.84 bits per heavy atom. The topological polar surface area (TPSA) is 52.4 Å². The van der Waals surface area contributed by atoms with Gasteiger partial charge in [-0.3, -0.25) is 10.1 Å². The van der Waals surface area contributed by atoms with Crippen molar-refractivity contribution >= 4 is 18.3 Å². The number of unbranched alkanes of at least 4 members (excludes halogenated alkanes) is 3. The van der Waals surface area contributed by atoms with Crippen molar-refractivity contribution in [2.45, 2.75) is 39.5 Å². The highest BCUT2D eigenvalue weighted by atomic mass is 32.1. The summed E-state index contributed by atoms with van der Waals surface area (Å²) in [6.45, 7) is 4.26. The quantitative estimate of drug-likeness (QED) is 0.338. The molecule has 0 spiro atoms. The fourth-order valence-electron chi connectivity index (χ4n) is 1.92. The van der Waals surface area contributed by atoms with Gasteiger partial charge in [0.2, 0.25) is 0 Å². The van der Waals surface area contributed by atoms with Crippen LogP contribution in [0.1, 0.15) is 36.8 Å². The first kappa shape index (κ1) is 15.8. The molecule has 4 nitrogen and oxygen atoms in total. The van der Waals surface area contributed by atoms with E-state index in [1.54, 1.807) is 13.0 Å². The van der Waals surface area contributed by atoms with Crippen LogP contribution in [-0.4, -0.2) is 17.3 Å². The summed E-state index contributed by atoms with van der Waals surface area (Å²) in [7, 11) is 0. The maximum atomic E-state index is 10.9. The van der Waals surface area contributed by atoms with E-state index in [0.717, 1.165) is 37.0 Å². The molecule has 106 valence electrons. The Kier molecular flexibility index (Phi) is 6.70. The van der Waals surface area contributed by atoms with Crippen LogP contribution in [0.2, 0.25) is 0 Å². The molecule has 1 rings (SSSR count). The molecule has 0 radical (unpaired) electrons. The number of benzene rings is 1. The summed E-state index contributed by atoms with van der Waals surface area (Å²) in [5, 5.41) is 10.9. The monoisotopic (exact) mass is 283 g/mol. The summed E-state index contributed by atoms with van der Waals surface area (Å²) in [5.41, 5.74) is 1.73. The first-order chi connectivity index (χ1) is 9.06. The molecule has 0 aromatic heterocycles. The van der Waals surface area contributed by atoms with Crippen molar-refractivity contribution in [3.63, 3.8) is 0 Å². The van der Waals surface area contributed by atoms with Crippen molar-refractivity contribution in [1.82, 2.24) is 0 Å². The maximum absolute atomic E-state index is 10.9. The zero-order valence-corrected chi connectivity index (χ0v) is 12.4. The molecule has 0 unspecified atom stereocenters. The first-order valence-corrected chi connectivity index (χ1v) is 7.18. The molecule has 0 aliphatic rings.